The molecule has 0 bridgehead atoms. The van der Waals surface area contributed by atoms with Gasteiger partial charge in [-0.25, -0.2) is 0 Å². The van der Waals surface area contributed by atoms with E-state index in [0.29, 0.717) is 6.42 Å². The molecule has 2 saturated heterocycles. The molecule has 4 rings (SSSR count). The van der Waals surface area contributed by atoms with Crippen LogP contribution in [0.5, 0.6) is 0 Å². The van der Waals surface area contributed by atoms with Crippen LogP contribution in [-0.2, 0) is 20.8 Å². The normalized spacial score (nSPS) is 29.6. The van der Waals surface area contributed by atoms with Crippen molar-refractivity contribution < 1.29 is 14.4 Å². The summed E-state index contributed by atoms with van der Waals surface area (Å²) in [5.74, 6) is 0.334. The Labute approximate surface area is 194 Å². The number of amides is 3. The van der Waals surface area contributed by atoms with Crippen LogP contribution in [0.25, 0.3) is 0 Å². The molecule has 3 aliphatic rings. The van der Waals surface area contributed by atoms with Gasteiger partial charge in [0.05, 0.1) is 17.5 Å². The molecule has 174 valence electrons. The maximum Gasteiger partial charge on any atom is 0.246 e. The third-order valence-corrected chi connectivity index (χ3v) is 8.39. The molecule has 0 spiro atoms. The Kier molecular flexibility index (Phi) is 6.54. The third kappa shape index (κ3) is 4.27. The van der Waals surface area contributed by atoms with Gasteiger partial charge in [0.2, 0.25) is 17.7 Å². The number of fused-ring (bicyclic) bond motifs is 2. The van der Waals surface area contributed by atoms with Crippen molar-refractivity contribution >= 4 is 29.5 Å². The average molecular weight is 459 g/mol. The zero-order valence-electron chi connectivity index (χ0n) is 19.3. The van der Waals surface area contributed by atoms with Crippen molar-refractivity contribution in [3.05, 3.63) is 35.4 Å². The average Bonchev–Trinajstić information content (AvgIpc) is 3.24. The van der Waals surface area contributed by atoms with Gasteiger partial charge in [0.1, 0.15) is 12.1 Å². The lowest BCUT2D eigenvalue weighted by Crippen LogP contribution is -2.58. The lowest BCUT2D eigenvalue weighted by atomic mass is 9.84. The molecule has 5 atom stereocenters. The quantitative estimate of drug-likeness (QED) is 0.628. The number of benzene rings is 1. The first-order valence-electron chi connectivity index (χ1n) is 11.5. The van der Waals surface area contributed by atoms with Crippen LogP contribution in [-0.4, -0.2) is 58.9 Å². The fourth-order valence-electron chi connectivity index (χ4n) is 5.24. The third-order valence-electron chi connectivity index (χ3n) is 7.14. The smallest absolute Gasteiger partial charge is 0.246 e. The topological polar surface area (TPSA) is 90.5 Å². The second-order valence-electron chi connectivity index (χ2n) is 9.83. The van der Waals surface area contributed by atoms with Gasteiger partial charge < -0.3 is 20.9 Å². The molecule has 2 fully saturated rings. The Morgan fingerprint density at radius 3 is 2.66 bits per heavy atom. The van der Waals surface area contributed by atoms with Crippen LogP contribution in [0.1, 0.15) is 57.2 Å². The van der Waals surface area contributed by atoms with E-state index in [1.165, 1.54) is 11.1 Å². The van der Waals surface area contributed by atoms with Gasteiger partial charge in [-0.1, -0.05) is 38.1 Å². The summed E-state index contributed by atoms with van der Waals surface area (Å²) in [5.41, 5.74) is 2.11. The van der Waals surface area contributed by atoms with Gasteiger partial charge >= 0.3 is 0 Å². The van der Waals surface area contributed by atoms with Gasteiger partial charge in [0.15, 0.2) is 0 Å². The van der Waals surface area contributed by atoms with E-state index in [1.54, 1.807) is 30.6 Å². The van der Waals surface area contributed by atoms with E-state index in [2.05, 4.69) is 41.9 Å². The summed E-state index contributed by atoms with van der Waals surface area (Å²) in [6.07, 6.45) is 3.17. The molecule has 3 N–H and O–H groups in total. The molecule has 32 heavy (non-hydrogen) atoms. The number of hydrogen-bond donors (Lipinski definition) is 3. The van der Waals surface area contributed by atoms with Crippen molar-refractivity contribution in [2.75, 3.05) is 12.8 Å². The highest BCUT2D eigenvalue weighted by atomic mass is 32.2. The highest BCUT2D eigenvalue weighted by Crippen LogP contribution is 2.46. The molecule has 0 unspecified atom stereocenters. The van der Waals surface area contributed by atoms with Gasteiger partial charge in [-0.3, -0.25) is 14.4 Å². The molecular formula is C24H34N4O3S. The minimum absolute atomic E-state index is 0.0183. The number of rotatable bonds is 5. The van der Waals surface area contributed by atoms with Crippen LogP contribution in [0, 0.1) is 5.41 Å². The van der Waals surface area contributed by atoms with Crippen LogP contribution in [0.15, 0.2) is 24.3 Å². The largest absolute Gasteiger partial charge is 0.347 e. The molecule has 1 aliphatic carbocycles. The lowest BCUT2D eigenvalue weighted by Gasteiger charge is -2.34. The van der Waals surface area contributed by atoms with Gasteiger partial charge in [0.25, 0.3) is 0 Å². The summed E-state index contributed by atoms with van der Waals surface area (Å²) in [6, 6.07) is 6.67. The summed E-state index contributed by atoms with van der Waals surface area (Å²) in [7, 11) is 1.72. The van der Waals surface area contributed by atoms with E-state index in [0.717, 1.165) is 25.0 Å². The Bertz CT molecular complexity index is 905. The van der Waals surface area contributed by atoms with Gasteiger partial charge in [-0.15, -0.1) is 11.8 Å². The molecule has 1 aromatic rings. The second-order valence-corrected chi connectivity index (χ2v) is 11.1. The van der Waals surface area contributed by atoms with Gasteiger partial charge in [-0.05, 0) is 61.9 Å². The monoisotopic (exact) mass is 458 g/mol. The van der Waals surface area contributed by atoms with E-state index < -0.39 is 12.1 Å². The van der Waals surface area contributed by atoms with Crippen molar-refractivity contribution in [1.82, 2.24) is 20.9 Å². The first-order chi connectivity index (χ1) is 15.2. The number of nitrogens with one attached hydrogen (secondary N) is 3. The Balaban J connectivity index is 1.55. The summed E-state index contributed by atoms with van der Waals surface area (Å²) in [6.45, 7) is 5.90. The number of carbonyl (C=O) groups is 3. The van der Waals surface area contributed by atoms with Gasteiger partial charge in [-0.2, -0.15) is 0 Å². The number of carbonyl (C=O) groups excluding carboxylic acids is 3. The van der Waals surface area contributed by atoms with Crippen molar-refractivity contribution in [2.24, 2.45) is 5.41 Å². The van der Waals surface area contributed by atoms with E-state index in [9.17, 15) is 14.4 Å². The first-order valence-corrected chi connectivity index (χ1v) is 12.6. The molecule has 0 aromatic heterocycles. The van der Waals surface area contributed by atoms with Crippen LogP contribution >= 0.6 is 11.8 Å². The van der Waals surface area contributed by atoms with Crippen LogP contribution in [0.4, 0.5) is 0 Å². The standard InChI is InChI=1S/C24H34N4O3S/c1-14(25-4)21(29)27-18-11-12-32-19-13-24(2,3)20(28(19)23(18)31)22(30)26-17-10-9-15-7-5-6-8-16(15)17/h5-8,14,17-20,25H,9-13H2,1-4H3,(H,26,30)(H,27,29)/t14-,17-,18-,19-,20+/m0/s1. The predicted molar refractivity (Wildman–Crippen MR) is 126 cm³/mol. The summed E-state index contributed by atoms with van der Waals surface area (Å²) in [5, 5.41) is 9.02. The Morgan fingerprint density at radius 2 is 1.91 bits per heavy atom. The number of hydrogen-bond acceptors (Lipinski definition) is 5. The fraction of sp³-hybridized carbons (Fsp3) is 0.625. The number of nitrogens with zero attached hydrogens (tertiary/aromatic N) is 1. The number of thioether (sulfide) groups is 1. The highest BCUT2D eigenvalue weighted by molar-refractivity contribution is 7.99. The van der Waals surface area contributed by atoms with E-state index in [1.807, 2.05) is 12.1 Å². The number of aryl methyl sites for hydroxylation is 1. The zero-order chi connectivity index (χ0) is 23.0. The van der Waals surface area contributed by atoms with E-state index in [4.69, 9.17) is 0 Å². The van der Waals surface area contributed by atoms with Crippen LogP contribution in [0.2, 0.25) is 0 Å². The van der Waals surface area contributed by atoms with Crippen molar-refractivity contribution in [3.8, 4) is 0 Å². The van der Waals surface area contributed by atoms with Crippen molar-refractivity contribution in [3.63, 3.8) is 0 Å². The fourth-order valence-corrected chi connectivity index (χ4v) is 6.81. The number of likely N-dealkylation sites (N-methyl/N-ethyl adjacent to an activating group) is 1. The summed E-state index contributed by atoms with van der Waals surface area (Å²) >= 11 is 1.72. The second kappa shape index (κ2) is 9.06. The Hall–Kier alpha value is -2.06. The van der Waals surface area contributed by atoms with E-state index >= 15 is 0 Å². The van der Waals surface area contributed by atoms with Crippen molar-refractivity contribution in [1.29, 1.82) is 0 Å². The minimum Gasteiger partial charge on any atom is -0.347 e. The molecule has 2 heterocycles. The van der Waals surface area contributed by atoms with Crippen molar-refractivity contribution in [2.45, 2.75) is 76.0 Å². The molecule has 7 nitrogen and oxygen atoms in total. The maximum atomic E-state index is 13.6. The molecule has 0 saturated carbocycles. The zero-order valence-corrected chi connectivity index (χ0v) is 20.1. The lowest BCUT2D eigenvalue weighted by molar-refractivity contribution is -0.144. The Morgan fingerprint density at radius 1 is 1.16 bits per heavy atom. The molecule has 0 radical (unpaired) electrons. The minimum atomic E-state index is -0.604. The van der Waals surface area contributed by atoms with Crippen LogP contribution in [0.3, 0.4) is 0 Å². The predicted octanol–water partition coefficient (Wildman–Crippen LogP) is 1.97. The summed E-state index contributed by atoms with van der Waals surface area (Å²) < 4.78 is 0. The maximum absolute atomic E-state index is 13.6. The van der Waals surface area contributed by atoms with Gasteiger partial charge in [0, 0.05) is 0 Å². The first kappa shape index (κ1) is 23.1. The molecule has 2 aliphatic heterocycles. The summed E-state index contributed by atoms with van der Waals surface area (Å²) in [4.78, 5) is 41.4. The molecule has 3 amide bonds. The molecular weight excluding hydrogens is 424 g/mol. The highest BCUT2D eigenvalue weighted by Gasteiger charge is 2.54. The van der Waals surface area contributed by atoms with E-state index in [-0.39, 0.29) is 40.6 Å². The van der Waals surface area contributed by atoms with Crippen LogP contribution < -0.4 is 16.0 Å². The molecule has 1 aromatic carbocycles. The molecule has 8 heteroatoms. The SMILES string of the molecule is CN[C@@H](C)C(=O)N[C@H]1CCS[C@H]2CC(C)(C)[C@@H](C(=O)N[C@H]3CCc4ccccc43)N2C1=O.